The molecule has 0 aliphatic carbocycles. The van der Waals surface area contributed by atoms with E-state index in [1.54, 1.807) is 6.07 Å². The second-order valence-electron chi connectivity index (χ2n) is 5.18. The molecule has 2 aromatic carbocycles. The van der Waals surface area contributed by atoms with Gasteiger partial charge in [-0.2, -0.15) is 0 Å². The molecule has 3 nitrogen and oxygen atoms in total. The summed E-state index contributed by atoms with van der Waals surface area (Å²) in [6, 6.07) is 15.7. The Labute approximate surface area is 131 Å². The molecule has 112 valence electrons. The van der Waals surface area contributed by atoms with E-state index in [0.717, 1.165) is 12.2 Å². The molecule has 0 radical (unpaired) electrons. The molecule has 0 bridgehead atoms. The Kier molecular flexibility index (Phi) is 5.62. The average Bonchev–Trinajstić information content (AvgIpc) is 2.46. The summed E-state index contributed by atoms with van der Waals surface area (Å²) in [5.74, 6) is 6.45. The minimum atomic E-state index is -0.0759. The van der Waals surface area contributed by atoms with E-state index in [2.05, 4.69) is 24.5 Å². The van der Waals surface area contributed by atoms with Crippen LogP contribution in [0.1, 0.15) is 18.1 Å². The van der Waals surface area contributed by atoms with Crippen molar-refractivity contribution >= 4 is 11.6 Å². The van der Waals surface area contributed by atoms with Gasteiger partial charge in [-0.25, -0.2) is 0 Å². The van der Waals surface area contributed by atoms with Crippen molar-refractivity contribution < 1.29 is 4.74 Å². The van der Waals surface area contributed by atoms with Crippen molar-refractivity contribution in [2.45, 2.75) is 32.4 Å². The summed E-state index contributed by atoms with van der Waals surface area (Å²) in [7, 11) is 0. The Morgan fingerprint density at radius 1 is 1.19 bits per heavy atom. The number of benzene rings is 2. The van der Waals surface area contributed by atoms with Crippen LogP contribution < -0.4 is 16.0 Å². The predicted molar refractivity (Wildman–Crippen MR) is 87.5 cm³/mol. The van der Waals surface area contributed by atoms with Gasteiger partial charge in [-0.3, -0.25) is 11.3 Å². The molecule has 0 aliphatic heterocycles. The maximum Gasteiger partial charge on any atom is 0.121 e. The van der Waals surface area contributed by atoms with Crippen molar-refractivity contribution in [3.63, 3.8) is 0 Å². The predicted octanol–water partition coefficient (Wildman–Crippen LogP) is 3.49. The molecule has 4 heteroatoms. The Balaban J connectivity index is 2.05. The number of hydrogen-bond acceptors (Lipinski definition) is 3. The van der Waals surface area contributed by atoms with Crippen LogP contribution in [0.3, 0.4) is 0 Å². The first-order valence-electron chi connectivity index (χ1n) is 7.03. The molecule has 2 atom stereocenters. The maximum atomic E-state index is 5.97. The van der Waals surface area contributed by atoms with Crippen LogP contribution in [0.15, 0.2) is 48.5 Å². The number of aryl methyl sites for hydroxylation is 1. The Morgan fingerprint density at radius 3 is 2.62 bits per heavy atom. The molecule has 0 spiro atoms. The lowest BCUT2D eigenvalue weighted by atomic mass is 9.99. The number of nitrogens with two attached hydrogens (primary N) is 1. The molecule has 0 aromatic heterocycles. The fourth-order valence-corrected chi connectivity index (χ4v) is 2.45. The summed E-state index contributed by atoms with van der Waals surface area (Å²) in [6.07, 6.45) is 0.735. The van der Waals surface area contributed by atoms with Crippen molar-refractivity contribution in [3.8, 4) is 5.75 Å². The molecule has 0 amide bonds. The van der Waals surface area contributed by atoms with Gasteiger partial charge in [0.1, 0.15) is 11.9 Å². The number of ether oxygens (including phenoxy) is 1. The summed E-state index contributed by atoms with van der Waals surface area (Å²) in [6.45, 7) is 4.11. The lowest BCUT2D eigenvalue weighted by molar-refractivity contribution is 0.169. The van der Waals surface area contributed by atoms with E-state index in [0.29, 0.717) is 5.02 Å². The number of hydrazine groups is 1. The standard InChI is InChI=1S/C17H21ClN2O/c1-12-6-3-4-7-14(12)10-17(20-19)13(2)21-16-9-5-8-15(18)11-16/h3-9,11,13,17,20H,10,19H2,1-2H3. The molecule has 2 aromatic rings. The monoisotopic (exact) mass is 304 g/mol. The Bertz CT molecular complexity index is 589. The molecule has 0 heterocycles. The lowest BCUT2D eigenvalue weighted by Gasteiger charge is -2.25. The van der Waals surface area contributed by atoms with E-state index < -0.39 is 0 Å². The first-order valence-corrected chi connectivity index (χ1v) is 7.41. The van der Waals surface area contributed by atoms with Gasteiger partial charge in [-0.15, -0.1) is 0 Å². The van der Waals surface area contributed by atoms with E-state index >= 15 is 0 Å². The van der Waals surface area contributed by atoms with Crippen LogP contribution in [0, 0.1) is 6.92 Å². The minimum Gasteiger partial charge on any atom is -0.489 e. The summed E-state index contributed by atoms with van der Waals surface area (Å²) >= 11 is 5.97. The van der Waals surface area contributed by atoms with Crippen molar-refractivity contribution in [2.75, 3.05) is 0 Å². The number of hydrogen-bond donors (Lipinski definition) is 2. The SMILES string of the molecule is Cc1ccccc1CC(NN)C(C)Oc1cccc(Cl)c1. The maximum absolute atomic E-state index is 5.97. The van der Waals surface area contributed by atoms with Crippen LogP contribution in [0.25, 0.3) is 0 Å². The smallest absolute Gasteiger partial charge is 0.121 e. The van der Waals surface area contributed by atoms with Crippen LogP contribution >= 0.6 is 11.6 Å². The van der Waals surface area contributed by atoms with Gasteiger partial charge < -0.3 is 4.74 Å². The van der Waals surface area contributed by atoms with Crippen LogP contribution in [0.4, 0.5) is 0 Å². The highest BCUT2D eigenvalue weighted by molar-refractivity contribution is 6.30. The van der Waals surface area contributed by atoms with Gasteiger partial charge in [0, 0.05) is 5.02 Å². The van der Waals surface area contributed by atoms with E-state index in [-0.39, 0.29) is 12.1 Å². The summed E-state index contributed by atoms with van der Waals surface area (Å²) in [5, 5.41) is 0.663. The largest absolute Gasteiger partial charge is 0.489 e. The number of nitrogens with one attached hydrogen (secondary N) is 1. The molecule has 2 unspecified atom stereocenters. The molecule has 0 fully saturated rings. The second kappa shape index (κ2) is 7.46. The van der Waals surface area contributed by atoms with Gasteiger partial charge in [0.25, 0.3) is 0 Å². The van der Waals surface area contributed by atoms with Crippen LogP contribution in [-0.2, 0) is 6.42 Å². The Hall–Kier alpha value is -1.55. The van der Waals surface area contributed by atoms with Crippen LogP contribution in [0.5, 0.6) is 5.75 Å². The van der Waals surface area contributed by atoms with Crippen molar-refractivity contribution in [2.24, 2.45) is 5.84 Å². The number of halogens is 1. The number of rotatable bonds is 6. The highest BCUT2D eigenvalue weighted by Crippen LogP contribution is 2.20. The van der Waals surface area contributed by atoms with Crippen molar-refractivity contribution in [1.29, 1.82) is 0 Å². The van der Waals surface area contributed by atoms with Gasteiger partial charge in [0.2, 0.25) is 0 Å². The first kappa shape index (κ1) is 15.8. The normalized spacial score (nSPS) is 13.7. The zero-order valence-electron chi connectivity index (χ0n) is 12.3. The van der Waals surface area contributed by atoms with Gasteiger partial charge in [0.15, 0.2) is 0 Å². The van der Waals surface area contributed by atoms with E-state index in [9.17, 15) is 0 Å². The molecule has 0 saturated heterocycles. The Morgan fingerprint density at radius 2 is 1.95 bits per heavy atom. The van der Waals surface area contributed by atoms with E-state index in [1.165, 1.54) is 11.1 Å². The summed E-state index contributed by atoms with van der Waals surface area (Å²) in [5.41, 5.74) is 5.38. The second-order valence-corrected chi connectivity index (χ2v) is 5.62. The fraction of sp³-hybridized carbons (Fsp3) is 0.294. The molecular weight excluding hydrogens is 284 g/mol. The first-order chi connectivity index (χ1) is 10.1. The van der Waals surface area contributed by atoms with Crippen molar-refractivity contribution in [1.82, 2.24) is 5.43 Å². The highest BCUT2D eigenvalue weighted by atomic mass is 35.5. The summed E-state index contributed by atoms with van der Waals surface area (Å²) in [4.78, 5) is 0. The lowest BCUT2D eigenvalue weighted by Crippen LogP contribution is -2.46. The third kappa shape index (κ3) is 4.46. The molecule has 2 rings (SSSR count). The molecule has 0 saturated carbocycles. The third-order valence-corrected chi connectivity index (χ3v) is 3.83. The third-order valence-electron chi connectivity index (χ3n) is 3.60. The van der Waals surface area contributed by atoms with E-state index in [4.69, 9.17) is 22.2 Å². The minimum absolute atomic E-state index is 0.0186. The van der Waals surface area contributed by atoms with Gasteiger partial charge in [-0.05, 0) is 49.6 Å². The molecule has 21 heavy (non-hydrogen) atoms. The average molecular weight is 305 g/mol. The van der Waals surface area contributed by atoms with Gasteiger partial charge in [0.05, 0.1) is 6.04 Å². The topological polar surface area (TPSA) is 47.3 Å². The highest BCUT2D eigenvalue weighted by Gasteiger charge is 2.19. The van der Waals surface area contributed by atoms with Gasteiger partial charge in [-0.1, -0.05) is 41.9 Å². The summed E-state index contributed by atoms with van der Waals surface area (Å²) < 4.78 is 5.93. The van der Waals surface area contributed by atoms with Crippen LogP contribution in [-0.4, -0.2) is 12.1 Å². The fourth-order valence-electron chi connectivity index (χ4n) is 2.27. The van der Waals surface area contributed by atoms with Crippen molar-refractivity contribution in [3.05, 3.63) is 64.7 Å². The van der Waals surface area contributed by atoms with E-state index in [1.807, 2.05) is 37.3 Å². The van der Waals surface area contributed by atoms with Crippen LogP contribution in [0.2, 0.25) is 5.02 Å². The molecule has 3 N–H and O–H groups in total. The molecule has 0 aliphatic rings. The zero-order valence-corrected chi connectivity index (χ0v) is 13.1. The molecular formula is C17H21ClN2O. The zero-order chi connectivity index (χ0) is 15.2. The van der Waals surface area contributed by atoms with Gasteiger partial charge >= 0.3 is 0 Å². The quantitative estimate of drug-likeness (QED) is 0.634.